The van der Waals surface area contributed by atoms with E-state index in [-0.39, 0.29) is 24.4 Å². The van der Waals surface area contributed by atoms with Crippen molar-refractivity contribution in [1.29, 1.82) is 0 Å². The summed E-state index contributed by atoms with van der Waals surface area (Å²) in [6, 6.07) is 5.41. The summed E-state index contributed by atoms with van der Waals surface area (Å²) in [7, 11) is 0. The normalized spacial score (nSPS) is 11.3. The van der Waals surface area contributed by atoms with E-state index in [9.17, 15) is 18.8 Å². The first-order chi connectivity index (χ1) is 9.93. The molecular formula is C15H15FO5. The van der Waals surface area contributed by atoms with Gasteiger partial charge in [0, 0.05) is 5.57 Å². The Morgan fingerprint density at radius 1 is 1.38 bits per heavy atom. The quantitative estimate of drug-likeness (QED) is 0.333. The molecule has 6 heteroatoms. The minimum absolute atomic E-state index is 0.189. The van der Waals surface area contributed by atoms with Crippen LogP contribution in [0.15, 0.2) is 36.4 Å². The van der Waals surface area contributed by atoms with Crippen LogP contribution in [0.3, 0.4) is 0 Å². The molecule has 0 fully saturated rings. The van der Waals surface area contributed by atoms with Crippen molar-refractivity contribution in [3.8, 4) is 5.75 Å². The summed E-state index contributed by atoms with van der Waals surface area (Å²) in [4.78, 5) is 33.6. The monoisotopic (exact) mass is 294 g/mol. The third-order valence-electron chi connectivity index (χ3n) is 2.46. The van der Waals surface area contributed by atoms with Gasteiger partial charge in [0.25, 0.3) is 0 Å². The van der Waals surface area contributed by atoms with Gasteiger partial charge in [0.05, 0.1) is 12.3 Å². The van der Waals surface area contributed by atoms with Crippen LogP contribution in [0, 0.1) is 11.7 Å². The summed E-state index contributed by atoms with van der Waals surface area (Å²) in [6.07, 6.45) is 0.162. The molecule has 1 aromatic rings. The van der Waals surface area contributed by atoms with Crippen molar-refractivity contribution in [2.45, 2.75) is 13.3 Å². The van der Waals surface area contributed by atoms with Crippen molar-refractivity contribution in [3.05, 3.63) is 42.2 Å². The smallest absolute Gasteiger partial charge is 0.333 e. The van der Waals surface area contributed by atoms with E-state index in [1.165, 1.54) is 25.1 Å². The fourth-order valence-electron chi connectivity index (χ4n) is 1.36. The van der Waals surface area contributed by atoms with Gasteiger partial charge in [0.1, 0.15) is 12.9 Å². The number of hydrogen-bond donors (Lipinski definition) is 0. The predicted molar refractivity (Wildman–Crippen MR) is 72.0 cm³/mol. The summed E-state index contributed by atoms with van der Waals surface area (Å²) in [5.74, 6) is -3.19. The van der Waals surface area contributed by atoms with E-state index < -0.39 is 23.7 Å². The van der Waals surface area contributed by atoms with Gasteiger partial charge in [-0.05, 0) is 19.1 Å². The highest BCUT2D eigenvalue weighted by atomic mass is 19.1. The molecule has 0 saturated carbocycles. The minimum Gasteiger partial charge on any atom is -0.462 e. The molecule has 1 atom stereocenters. The van der Waals surface area contributed by atoms with E-state index in [0.29, 0.717) is 6.29 Å². The van der Waals surface area contributed by atoms with Gasteiger partial charge in [-0.3, -0.25) is 4.79 Å². The van der Waals surface area contributed by atoms with Gasteiger partial charge in [-0.2, -0.15) is 0 Å². The summed E-state index contributed by atoms with van der Waals surface area (Å²) < 4.78 is 22.9. The SMILES string of the molecule is C=C(C)C(=O)OCC(C=O)CC(=O)Oc1ccccc1F. The highest BCUT2D eigenvalue weighted by Gasteiger charge is 2.18. The number of aldehydes is 1. The molecule has 1 rings (SSSR count). The summed E-state index contributed by atoms with van der Waals surface area (Å²) in [5.41, 5.74) is 0.189. The molecule has 0 spiro atoms. The Morgan fingerprint density at radius 3 is 2.62 bits per heavy atom. The fraction of sp³-hybridized carbons (Fsp3) is 0.267. The zero-order valence-electron chi connectivity index (χ0n) is 11.5. The summed E-state index contributed by atoms with van der Waals surface area (Å²) in [5, 5.41) is 0. The Kier molecular flexibility index (Phi) is 6.26. The Morgan fingerprint density at radius 2 is 2.05 bits per heavy atom. The van der Waals surface area contributed by atoms with E-state index in [1.54, 1.807) is 0 Å². The highest BCUT2D eigenvalue weighted by molar-refractivity contribution is 5.87. The molecule has 21 heavy (non-hydrogen) atoms. The zero-order valence-corrected chi connectivity index (χ0v) is 11.5. The van der Waals surface area contributed by atoms with Crippen LogP contribution in [0.1, 0.15) is 13.3 Å². The summed E-state index contributed by atoms with van der Waals surface area (Å²) in [6.45, 7) is 4.59. The minimum atomic E-state index is -0.854. The van der Waals surface area contributed by atoms with Crippen LogP contribution in [-0.4, -0.2) is 24.8 Å². The second-order valence-electron chi connectivity index (χ2n) is 4.38. The first-order valence-electron chi connectivity index (χ1n) is 6.17. The molecule has 0 aliphatic carbocycles. The van der Waals surface area contributed by atoms with Crippen LogP contribution >= 0.6 is 0 Å². The maximum Gasteiger partial charge on any atom is 0.333 e. The molecule has 0 N–H and O–H groups in total. The molecule has 0 aliphatic heterocycles. The van der Waals surface area contributed by atoms with Crippen LogP contribution in [0.5, 0.6) is 5.75 Å². The van der Waals surface area contributed by atoms with Crippen LogP contribution in [0.2, 0.25) is 0 Å². The van der Waals surface area contributed by atoms with Crippen molar-refractivity contribution in [2.75, 3.05) is 6.61 Å². The lowest BCUT2D eigenvalue weighted by molar-refractivity contribution is -0.144. The Bertz CT molecular complexity index is 553. The number of carbonyl (C=O) groups excluding carboxylic acids is 3. The number of rotatable bonds is 7. The van der Waals surface area contributed by atoms with Crippen molar-refractivity contribution in [3.63, 3.8) is 0 Å². The second-order valence-corrected chi connectivity index (χ2v) is 4.38. The molecule has 0 aliphatic rings. The number of para-hydroxylation sites is 1. The third kappa shape index (κ3) is 5.56. The third-order valence-corrected chi connectivity index (χ3v) is 2.46. The number of hydrogen-bond acceptors (Lipinski definition) is 5. The second kappa shape index (κ2) is 7.94. The molecule has 0 aromatic heterocycles. The van der Waals surface area contributed by atoms with Gasteiger partial charge in [0.15, 0.2) is 11.6 Å². The van der Waals surface area contributed by atoms with E-state index in [0.717, 1.165) is 6.07 Å². The maximum atomic E-state index is 13.3. The van der Waals surface area contributed by atoms with Gasteiger partial charge in [-0.25, -0.2) is 9.18 Å². The molecular weight excluding hydrogens is 279 g/mol. The number of ether oxygens (including phenoxy) is 2. The lowest BCUT2D eigenvalue weighted by Crippen LogP contribution is -2.21. The molecule has 0 heterocycles. The first kappa shape index (κ1) is 16.6. The molecule has 0 saturated heterocycles. The molecule has 112 valence electrons. The van der Waals surface area contributed by atoms with Gasteiger partial charge in [0.2, 0.25) is 0 Å². The van der Waals surface area contributed by atoms with E-state index >= 15 is 0 Å². The first-order valence-corrected chi connectivity index (χ1v) is 6.17. The number of halogens is 1. The summed E-state index contributed by atoms with van der Waals surface area (Å²) >= 11 is 0. The maximum absolute atomic E-state index is 13.3. The van der Waals surface area contributed by atoms with Crippen LogP contribution in [-0.2, 0) is 19.1 Å². The van der Waals surface area contributed by atoms with Gasteiger partial charge >= 0.3 is 11.9 Å². The van der Waals surface area contributed by atoms with Crippen LogP contribution in [0.4, 0.5) is 4.39 Å². The molecule has 0 bridgehead atoms. The number of carbonyl (C=O) groups is 3. The molecule has 1 aromatic carbocycles. The lowest BCUT2D eigenvalue weighted by Gasteiger charge is -2.11. The molecule has 0 radical (unpaired) electrons. The van der Waals surface area contributed by atoms with Crippen molar-refractivity contribution in [1.82, 2.24) is 0 Å². The molecule has 1 unspecified atom stereocenters. The number of benzene rings is 1. The van der Waals surface area contributed by atoms with E-state index in [2.05, 4.69) is 6.58 Å². The average molecular weight is 294 g/mol. The largest absolute Gasteiger partial charge is 0.462 e. The van der Waals surface area contributed by atoms with Crippen molar-refractivity contribution >= 4 is 18.2 Å². The van der Waals surface area contributed by atoms with Gasteiger partial charge in [-0.1, -0.05) is 18.7 Å². The van der Waals surface area contributed by atoms with Gasteiger partial charge < -0.3 is 14.3 Å². The van der Waals surface area contributed by atoms with Crippen molar-refractivity contribution in [2.24, 2.45) is 5.92 Å². The van der Waals surface area contributed by atoms with E-state index in [1.807, 2.05) is 0 Å². The Labute approximate surface area is 121 Å². The van der Waals surface area contributed by atoms with Crippen LogP contribution < -0.4 is 4.74 Å². The fourth-order valence-corrected chi connectivity index (χ4v) is 1.36. The standard InChI is InChI=1S/C15H15FO5/c1-10(2)15(19)20-9-11(8-17)7-14(18)21-13-6-4-3-5-12(13)16/h3-6,8,11H,1,7,9H2,2H3. The predicted octanol–water partition coefficient (Wildman–Crippen LogP) is 2.06. The van der Waals surface area contributed by atoms with Crippen molar-refractivity contribution < 1.29 is 28.2 Å². The Hall–Kier alpha value is -2.50. The number of esters is 2. The van der Waals surface area contributed by atoms with E-state index in [4.69, 9.17) is 9.47 Å². The van der Waals surface area contributed by atoms with Gasteiger partial charge in [-0.15, -0.1) is 0 Å². The van der Waals surface area contributed by atoms with Crippen LogP contribution in [0.25, 0.3) is 0 Å². The lowest BCUT2D eigenvalue weighted by atomic mass is 10.1. The molecule has 0 amide bonds. The molecule has 5 nitrogen and oxygen atoms in total. The topological polar surface area (TPSA) is 69.7 Å². The zero-order chi connectivity index (χ0) is 15.8. The Balaban J connectivity index is 2.51. The average Bonchev–Trinajstić information content (AvgIpc) is 2.45. The highest BCUT2D eigenvalue weighted by Crippen LogP contribution is 2.16.